The zero-order chi connectivity index (χ0) is 24.8. The SMILES string of the molecule is O=c1c2cncc(-c3ccccc3)c2ccn1Cc1cn2cc(-c3cc(N4CCC4)ccn3)ccc2n1. The number of rotatable bonds is 5. The second-order valence-electron chi connectivity index (χ2n) is 9.42. The van der Waals surface area contributed by atoms with Crippen LogP contribution >= 0.6 is 0 Å². The lowest BCUT2D eigenvalue weighted by molar-refractivity contribution is 0.617. The fourth-order valence-corrected chi connectivity index (χ4v) is 4.97. The van der Waals surface area contributed by atoms with E-state index in [2.05, 4.69) is 27.0 Å². The van der Waals surface area contributed by atoms with Gasteiger partial charge in [-0.25, -0.2) is 4.98 Å². The summed E-state index contributed by atoms with van der Waals surface area (Å²) < 4.78 is 3.70. The molecule has 1 fully saturated rings. The maximum Gasteiger partial charge on any atom is 0.260 e. The third-order valence-electron chi connectivity index (χ3n) is 7.08. The van der Waals surface area contributed by atoms with Crippen molar-refractivity contribution < 1.29 is 0 Å². The summed E-state index contributed by atoms with van der Waals surface area (Å²) in [5, 5.41) is 1.50. The predicted molar refractivity (Wildman–Crippen MR) is 146 cm³/mol. The summed E-state index contributed by atoms with van der Waals surface area (Å²) in [4.78, 5) is 29.4. The molecule has 1 saturated heterocycles. The number of imidazole rings is 1. The van der Waals surface area contributed by atoms with Crippen molar-refractivity contribution in [2.75, 3.05) is 18.0 Å². The quantitative estimate of drug-likeness (QED) is 0.343. The molecule has 6 heterocycles. The van der Waals surface area contributed by atoms with Crippen LogP contribution in [0.1, 0.15) is 12.1 Å². The first kappa shape index (κ1) is 21.5. The standard InChI is InChI=1S/C30H24N6O/c37-30-27-17-31-16-26(21-5-2-1-3-6-21)25(27)10-14-35(30)19-23-20-36-18-22(7-8-29(36)33-23)28-15-24(9-11-32-28)34-12-4-13-34/h1-3,5-11,14-18,20H,4,12-13,19H2. The van der Waals surface area contributed by atoms with Crippen molar-refractivity contribution in [3.63, 3.8) is 0 Å². The lowest BCUT2D eigenvalue weighted by Gasteiger charge is -2.33. The molecule has 1 aromatic carbocycles. The van der Waals surface area contributed by atoms with Crippen LogP contribution in [0.15, 0.2) is 103 Å². The number of anilines is 1. The highest BCUT2D eigenvalue weighted by Gasteiger charge is 2.15. The van der Waals surface area contributed by atoms with Gasteiger partial charge in [0, 0.05) is 67.1 Å². The van der Waals surface area contributed by atoms with Gasteiger partial charge in [0.2, 0.25) is 0 Å². The van der Waals surface area contributed by atoms with Gasteiger partial charge in [-0.1, -0.05) is 30.3 Å². The van der Waals surface area contributed by atoms with Gasteiger partial charge < -0.3 is 13.9 Å². The lowest BCUT2D eigenvalue weighted by atomic mass is 10.0. The van der Waals surface area contributed by atoms with Crippen molar-refractivity contribution in [3.8, 4) is 22.4 Å². The molecular weight excluding hydrogens is 460 g/mol. The van der Waals surface area contributed by atoms with Gasteiger partial charge in [0.1, 0.15) is 5.65 Å². The summed E-state index contributed by atoms with van der Waals surface area (Å²) in [7, 11) is 0. The van der Waals surface area contributed by atoms with Gasteiger partial charge in [-0.15, -0.1) is 0 Å². The normalized spacial score (nSPS) is 13.2. The van der Waals surface area contributed by atoms with E-state index in [4.69, 9.17) is 4.98 Å². The van der Waals surface area contributed by atoms with Crippen molar-refractivity contribution in [1.29, 1.82) is 0 Å². The van der Waals surface area contributed by atoms with E-state index in [1.165, 1.54) is 12.1 Å². The van der Waals surface area contributed by atoms with E-state index in [0.717, 1.165) is 52.2 Å². The van der Waals surface area contributed by atoms with Crippen molar-refractivity contribution >= 4 is 22.1 Å². The fraction of sp³-hybridized carbons (Fsp3) is 0.133. The minimum absolute atomic E-state index is 0.0764. The number of hydrogen-bond donors (Lipinski definition) is 0. The van der Waals surface area contributed by atoms with Crippen LogP contribution in [-0.4, -0.2) is 37.0 Å². The summed E-state index contributed by atoms with van der Waals surface area (Å²) in [5.74, 6) is 0. The first-order chi connectivity index (χ1) is 18.2. The molecule has 6 aromatic rings. The van der Waals surface area contributed by atoms with Crippen LogP contribution in [0.4, 0.5) is 5.69 Å². The van der Waals surface area contributed by atoms with Crippen molar-refractivity contribution in [2.24, 2.45) is 0 Å². The molecule has 0 amide bonds. The van der Waals surface area contributed by atoms with Crippen LogP contribution in [0.25, 0.3) is 38.8 Å². The van der Waals surface area contributed by atoms with Crippen LogP contribution in [-0.2, 0) is 6.54 Å². The van der Waals surface area contributed by atoms with Crippen LogP contribution < -0.4 is 10.5 Å². The Balaban J connectivity index is 1.21. The molecule has 180 valence electrons. The molecule has 1 aliphatic heterocycles. The molecule has 5 aromatic heterocycles. The van der Waals surface area contributed by atoms with E-state index in [0.29, 0.717) is 11.9 Å². The maximum atomic E-state index is 13.4. The monoisotopic (exact) mass is 484 g/mol. The number of benzene rings is 1. The van der Waals surface area contributed by atoms with E-state index in [1.807, 2.05) is 83.9 Å². The van der Waals surface area contributed by atoms with Gasteiger partial charge in [0.05, 0.1) is 23.3 Å². The minimum atomic E-state index is -0.0764. The number of fused-ring (bicyclic) bond motifs is 2. The van der Waals surface area contributed by atoms with E-state index in [9.17, 15) is 4.79 Å². The molecule has 0 N–H and O–H groups in total. The molecule has 0 bridgehead atoms. The van der Waals surface area contributed by atoms with E-state index in [1.54, 1.807) is 10.8 Å². The Morgan fingerprint density at radius 2 is 1.76 bits per heavy atom. The summed E-state index contributed by atoms with van der Waals surface area (Å²) in [6.07, 6.45) is 12.5. The molecule has 0 aliphatic carbocycles. The first-order valence-corrected chi connectivity index (χ1v) is 12.4. The Morgan fingerprint density at radius 3 is 2.59 bits per heavy atom. The Kier molecular flexibility index (Phi) is 5.06. The molecule has 0 radical (unpaired) electrons. The topological polar surface area (TPSA) is 68.3 Å². The molecule has 0 spiro atoms. The van der Waals surface area contributed by atoms with Crippen molar-refractivity contribution in [1.82, 2.24) is 23.9 Å². The van der Waals surface area contributed by atoms with Crippen molar-refractivity contribution in [3.05, 3.63) is 114 Å². The third-order valence-corrected chi connectivity index (χ3v) is 7.08. The smallest absolute Gasteiger partial charge is 0.260 e. The highest BCUT2D eigenvalue weighted by Crippen LogP contribution is 2.27. The number of pyridine rings is 4. The molecule has 0 unspecified atom stereocenters. The zero-order valence-electron chi connectivity index (χ0n) is 20.2. The second-order valence-corrected chi connectivity index (χ2v) is 9.42. The fourth-order valence-electron chi connectivity index (χ4n) is 4.97. The molecule has 7 heteroatoms. The Morgan fingerprint density at radius 1 is 0.865 bits per heavy atom. The van der Waals surface area contributed by atoms with Crippen LogP contribution in [0.3, 0.4) is 0 Å². The average Bonchev–Trinajstić information content (AvgIpc) is 3.31. The number of aromatic nitrogens is 5. The van der Waals surface area contributed by atoms with E-state index < -0.39 is 0 Å². The average molecular weight is 485 g/mol. The van der Waals surface area contributed by atoms with Gasteiger partial charge in [-0.2, -0.15) is 0 Å². The number of hydrogen-bond acceptors (Lipinski definition) is 5. The maximum absolute atomic E-state index is 13.4. The second kappa shape index (κ2) is 8.71. The molecule has 0 atom stereocenters. The lowest BCUT2D eigenvalue weighted by Crippen LogP contribution is -2.36. The van der Waals surface area contributed by atoms with Gasteiger partial charge in [0.25, 0.3) is 5.56 Å². The van der Waals surface area contributed by atoms with Gasteiger partial charge in [-0.05, 0) is 47.7 Å². The van der Waals surface area contributed by atoms with E-state index in [-0.39, 0.29) is 5.56 Å². The highest BCUT2D eigenvalue weighted by molar-refractivity contribution is 5.95. The predicted octanol–water partition coefficient (Wildman–Crippen LogP) is 5.03. The molecule has 37 heavy (non-hydrogen) atoms. The van der Waals surface area contributed by atoms with Crippen LogP contribution in [0.5, 0.6) is 0 Å². The summed E-state index contributed by atoms with van der Waals surface area (Å²) in [6, 6.07) is 20.3. The minimum Gasteiger partial charge on any atom is -0.371 e. The van der Waals surface area contributed by atoms with Gasteiger partial charge in [0.15, 0.2) is 0 Å². The molecule has 7 nitrogen and oxygen atoms in total. The Labute approximate surface area is 213 Å². The van der Waals surface area contributed by atoms with Crippen LogP contribution in [0, 0.1) is 0 Å². The number of nitrogens with zero attached hydrogens (tertiary/aromatic N) is 6. The Bertz CT molecular complexity index is 1820. The summed E-state index contributed by atoms with van der Waals surface area (Å²) in [6.45, 7) is 2.58. The summed E-state index contributed by atoms with van der Waals surface area (Å²) >= 11 is 0. The van der Waals surface area contributed by atoms with Gasteiger partial charge >= 0.3 is 0 Å². The molecule has 0 saturated carbocycles. The first-order valence-electron chi connectivity index (χ1n) is 12.4. The zero-order valence-corrected chi connectivity index (χ0v) is 20.2. The molecular formula is C30H24N6O. The highest BCUT2D eigenvalue weighted by atomic mass is 16.1. The summed E-state index contributed by atoms with van der Waals surface area (Å²) in [5.41, 5.74) is 6.74. The molecule has 1 aliphatic rings. The van der Waals surface area contributed by atoms with Crippen LogP contribution in [0.2, 0.25) is 0 Å². The van der Waals surface area contributed by atoms with Crippen molar-refractivity contribution in [2.45, 2.75) is 13.0 Å². The molecule has 7 rings (SSSR count). The van der Waals surface area contributed by atoms with E-state index >= 15 is 0 Å². The third kappa shape index (κ3) is 3.85. The largest absolute Gasteiger partial charge is 0.371 e. The Hall–Kier alpha value is -4.78. The van der Waals surface area contributed by atoms with Gasteiger partial charge in [-0.3, -0.25) is 14.8 Å².